The highest BCUT2D eigenvalue weighted by Gasteiger charge is 2.24. The Kier molecular flexibility index (Phi) is 3.68. The zero-order valence-electron chi connectivity index (χ0n) is 10.1. The first-order valence-corrected chi connectivity index (χ1v) is 6.46. The number of rotatable bonds is 3. The molecule has 0 saturated carbocycles. The average Bonchev–Trinajstić information content (AvgIpc) is 2.32. The Morgan fingerprint density at radius 1 is 1.28 bits per heavy atom. The van der Waals surface area contributed by atoms with Crippen molar-refractivity contribution in [1.29, 1.82) is 0 Å². The molecule has 3 N–H and O–H groups in total. The van der Waals surface area contributed by atoms with Crippen LogP contribution in [0.15, 0.2) is 47.1 Å². The van der Waals surface area contributed by atoms with Gasteiger partial charge in [0.25, 0.3) is 0 Å². The van der Waals surface area contributed by atoms with Gasteiger partial charge < -0.3 is 10.8 Å². The van der Waals surface area contributed by atoms with Gasteiger partial charge in [-0.05, 0) is 36.2 Å². The number of anilines is 1. The van der Waals surface area contributed by atoms with Gasteiger partial charge in [0.2, 0.25) is 0 Å². The van der Waals surface area contributed by atoms with Crippen molar-refractivity contribution >= 4 is 21.7 Å². The van der Waals surface area contributed by atoms with E-state index < -0.39 is 5.60 Å². The Balaban J connectivity index is 2.27. The monoisotopic (exact) mass is 306 g/mol. The summed E-state index contributed by atoms with van der Waals surface area (Å²) in [5, 5.41) is 10.6. The molecule has 0 amide bonds. The number of nitrogens with two attached hydrogens (primary N) is 1. The predicted molar refractivity (Wildman–Crippen MR) is 76.1 cm³/mol. The average molecular weight is 307 g/mol. The molecule has 18 heavy (non-hydrogen) atoms. The van der Waals surface area contributed by atoms with Crippen LogP contribution in [0, 0.1) is 0 Å². The second-order valence-corrected chi connectivity index (χ2v) is 5.42. The van der Waals surface area contributed by atoms with E-state index in [0.29, 0.717) is 12.2 Å². The largest absolute Gasteiger partial charge is 0.385 e. The molecule has 0 saturated heterocycles. The second kappa shape index (κ2) is 5.08. The first kappa shape index (κ1) is 13.1. The van der Waals surface area contributed by atoms with Crippen molar-refractivity contribution in [3.63, 3.8) is 0 Å². The van der Waals surface area contributed by atoms with E-state index in [9.17, 15) is 5.11 Å². The first-order chi connectivity index (χ1) is 8.49. The van der Waals surface area contributed by atoms with Gasteiger partial charge in [-0.25, -0.2) is 4.98 Å². The Bertz CT molecular complexity index is 538. The van der Waals surface area contributed by atoms with Crippen molar-refractivity contribution in [1.82, 2.24) is 4.98 Å². The molecule has 0 aliphatic carbocycles. The Morgan fingerprint density at radius 2 is 1.94 bits per heavy atom. The Labute approximate surface area is 115 Å². The zero-order chi connectivity index (χ0) is 13.2. The number of aliphatic hydroxyl groups is 1. The topological polar surface area (TPSA) is 59.1 Å². The van der Waals surface area contributed by atoms with Crippen LogP contribution < -0.4 is 5.73 Å². The molecule has 0 aliphatic heterocycles. The van der Waals surface area contributed by atoms with Crippen LogP contribution >= 0.6 is 15.9 Å². The minimum absolute atomic E-state index is 0.439. The molecule has 4 heteroatoms. The summed E-state index contributed by atoms with van der Waals surface area (Å²) in [4.78, 5) is 4.03. The minimum Gasteiger partial charge on any atom is -0.385 e. The van der Waals surface area contributed by atoms with E-state index in [1.807, 2.05) is 36.4 Å². The summed E-state index contributed by atoms with van der Waals surface area (Å²) in [6.45, 7) is 1.78. The highest BCUT2D eigenvalue weighted by atomic mass is 79.9. The van der Waals surface area contributed by atoms with Crippen LogP contribution in [0.4, 0.5) is 5.82 Å². The van der Waals surface area contributed by atoms with Gasteiger partial charge >= 0.3 is 0 Å². The number of benzene rings is 1. The van der Waals surface area contributed by atoms with Crippen molar-refractivity contribution in [3.05, 3.63) is 58.2 Å². The van der Waals surface area contributed by atoms with Gasteiger partial charge in [-0.2, -0.15) is 0 Å². The molecule has 1 aromatic heterocycles. The normalized spacial score (nSPS) is 14.2. The standard InChI is InChI=1S/C14H15BrN2O/c1-14(18,11-4-6-12(15)7-5-11)9-10-3-2-8-17-13(10)16/h2-8,18H,9H2,1H3,(H2,16,17). The van der Waals surface area contributed by atoms with E-state index in [-0.39, 0.29) is 0 Å². The molecule has 0 spiro atoms. The van der Waals surface area contributed by atoms with Gasteiger partial charge in [-0.15, -0.1) is 0 Å². The third-order valence-corrected chi connectivity index (χ3v) is 3.46. The zero-order valence-corrected chi connectivity index (χ0v) is 11.7. The maximum atomic E-state index is 10.6. The van der Waals surface area contributed by atoms with Crippen molar-refractivity contribution in [2.24, 2.45) is 0 Å². The Morgan fingerprint density at radius 3 is 2.56 bits per heavy atom. The molecule has 0 radical (unpaired) electrons. The number of nitrogens with zero attached hydrogens (tertiary/aromatic N) is 1. The number of aromatic nitrogens is 1. The lowest BCUT2D eigenvalue weighted by atomic mass is 9.89. The van der Waals surface area contributed by atoms with E-state index >= 15 is 0 Å². The third kappa shape index (κ3) is 2.89. The molecule has 0 aliphatic rings. The van der Waals surface area contributed by atoms with Gasteiger partial charge in [-0.1, -0.05) is 34.1 Å². The molecular weight excluding hydrogens is 292 g/mol. The summed E-state index contributed by atoms with van der Waals surface area (Å²) in [6, 6.07) is 11.3. The summed E-state index contributed by atoms with van der Waals surface area (Å²) in [6.07, 6.45) is 2.08. The molecule has 2 rings (SSSR count). The molecule has 1 aromatic carbocycles. The predicted octanol–water partition coefficient (Wildman–Crippen LogP) is 2.88. The molecular formula is C14H15BrN2O. The molecule has 1 atom stereocenters. The fraction of sp³-hybridized carbons (Fsp3) is 0.214. The summed E-state index contributed by atoms with van der Waals surface area (Å²) in [7, 11) is 0. The highest BCUT2D eigenvalue weighted by molar-refractivity contribution is 9.10. The smallest absolute Gasteiger partial charge is 0.126 e. The summed E-state index contributed by atoms with van der Waals surface area (Å²) in [5.41, 5.74) is 6.55. The lowest BCUT2D eigenvalue weighted by molar-refractivity contribution is 0.0577. The number of pyridine rings is 1. The van der Waals surface area contributed by atoms with Gasteiger partial charge in [0, 0.05) is 17.1 Å². The summed E-state index contributed by atoms with van der Waals surface area (Å²) < 4.78 is 0.989. The van der Waals surface area contributed by atoms with Crippen LogP contribution in [0.2, 0.25) is 0 Å². The SMILES string of the molecule is CC(O)(Cc1cccnc1N)c1ccc(Br)cc1. The third-order valence-electron chi connectivity index (χ3n) is 2.93. The van der Waals surface area contributed by atoms with Crippen molar-refractivity contribution < 1.29 is 5.11 Å². The summed E-state index contributed by atoms with van der Waals surface area (Å²) >= 11 is 3.38. The summed E-state index contributed by atoms with van der Waals surface area (Å²) in [5.74, 6) is 0.467. The van der Waals surface area contributed by atoms with Gasteiger partial charge in [0.1, 0.15) is 5.82 Å². The maximum absolute atomic E-state index is 10.6. The maximum Gasteiger partial charge on any atom is 0.126 e. The van der Waals surface area contributed by atoms with Crippen molar-refractivity contribution in [2.45, 2.75) is 18.9 Å². The van der Waals surface area contributed by atoms with E-state index in [1.165, 1.54) is 0 Å². The molecule has 1 unspecified atom stereocenters. The fourth-order valence-corrected chi connectivity index (χ4v) is 2.15. The van der Waals surface area contributed by atoms with E-state index in [1.54, 1.807) is 13.1 Å². The molecule has 0 bridgehead atoms. The van der Waals surface area contributed by atoms with Gasteiger partial charge in [0.05, 0.1) is 5.60 Å². The molecule has 94 valence electrons. The van der Waals surface area contributed by atoms with Crippen LogP contribution in [0.5, 0.6) is 0 Å². The van der Waals surface area contributed by atoms with Crippen LogP contribution in [-0.2, 0) is 12.0 Å². The second-order valence-electron chi connectivity index (χ2n) is 4.51. The van der Waals surface area contributed by atoms with Crippen LogP contribution in [-0.4, -0.2) is 10.1 Å². The molecule has 0 fully saturated rings. The van der Waals surface area contributed by atoms with Crippen molar-refractivity contribution in [3.8, 4) is 0 Å². The molecule has 1 heterocycles. The minimum atomic E-state index is -0.960. The van der Waals surface area contributed by atoms with E-state index in [0.717, 1.165) is 15.6 Å². The number of hydrogen-bond acceptors (Lipinski definition) is 3. The van der Waals surface area contributed by atoms with Crippen LogP contribution in [0.25, 0.3) is 0 Å². The van der Waals surface area contributed by atoms with E-state index in [2.05, 4.69) is 20.9 Å². The lowest BCUT2D eigenvalue weighted by Gasteiger charge is -2.24. The number of hydrogen-bond donors (Lipinski definition) is 2. The van der Waals surface area contributed by atoms with Gasteiger partial charge in [-0.3, -0.25) is 0 Å². The quantitative estimate of drug-likeness (QED) is 0.916. The first-order valence-electron chi connectivity index (χ1n) is 5.67. The Hall–Kier alpha value is -1.39. The van der Waals surface area contributed by atoms with Gasteiger partial charge in [0.15, 0.2) is 0 Å². The van der Waals surface area contributed by atoms with Crippen molar-refractivity contribution in [2.75, 3.05) is 5.73 Å². The molecule has 2 aromatic rings. The van der Waals surface area contributed by atoms with Crippen LogP contribution in [0.1, 0.15) is 18.1 Å². The van der Waals surface area contributed by atoms with Crippen LogP contribution in [0.3, 0.4) is 0 Å². The lowest BCUT2D eigenvalue weighted by Crippen LogP contribution is -2.24. The number of halogens is 1. The number of nitrogen functional groups attached to an aromatic ring is 1. The molecule has 3 nitrogen and oxygen atoms in total. The highest BCUT2D eigenvalue weighted by Crippen LogP contribution is 2.27. The fourth-order valence-electron chi connectivity index (χ4n) is 1.88. The van der Waals surface area contributed by atoms with E-state index in [4.69, 9.17) is 5.73 Å².